The van der Waals surface area contributed by atoms with E-state index in [-0.39, 0.29) is 6.10 Å². The van der Waals surface area contributed by atoms with Crippen molar-refractivity contribution in [3.8, 4) is 0 Å². The maximum atomic E-state index is 9.75. The van der Waals surface area contributed by atoms with Crippen LogP contribution >= 0.6 is 0 Å². The summed E-state index contributed by atoms with van der Waals surface area (Å²) in [5.41, 5.74) is 1.40. The van der Waals surface area contributed by atoms with E-state index in [1.54, 1.807) is 0 Å². The molecule has 2 bridgehead atoms. The Morgan fingerprint density at radius 2 is 1.69 bits per heavy atom. The maximum Gasteiger partial charge on any atom is 0.0570 e. The highest BCUT2D eigenvalue weighted by Crippen LogP contribution is 2.36. The van der Waals surface area contributed by atoms with Crippen LogP contribution in [0.3, 0.4) is 0 Å². The van der Waals surface area contributed by atoms with Crippen molar-refractivity contribution in [3.63, 3.8) is 0 Å². The third-order valence-corrected chi connectivity index (χ3v) is 4.07. The van der Waals surface area contributed by atoms with Gasteiger partial charge in [-0.3, -0.25) is 4.90 Å². The summed E-state index contributed by atoms with van der Waals surface area (Å²) in [4.78, 5) is 2.60. The first kappa shape index (κ1) is 10.3. The largest absolute Gasteiger partial charge is 0.393 e. The quantitative estimate of drug-likeness (QED) is 0.820. The minimum atomic E-state index is -0.0514. The lowest BCUT2D eigenvalue weighted by atomic mass is 9.99. The average Bonchev–Trinajstić information content (AvgIpc) is 2.54. The molecule has 2 nitrogen and oxygen atoms in total. The predicted octanol–water partition coefficient (Wildman–Crippen LogP) is 2.17. The summed E-state index contributed by atoms with van der Waals surface area (Å²) in [6.07, 6.45) is 4.44. The molecular weight excluding hydrogens is 198 g/mol. The second kappa shape index (κ2) is 4.19. The second-order valence-electron chi connectivity index (χ2n) is 5.17. The van der Waals surface area contributed by atoms with Crippen molar-refractivity contribution in [3.05, 3.63) is 35.9 Å². The van der Waals surface area contributed by atoms with Crippen LogP contribution in [-0.2, 0) is 6.54 Å². The molecule has 0 aromatic heterocycles. The second-order valence-corrected chi connectivity index (χ2v) is 5.17. The average molecular weight is 217 g/mol. The zero-order chi connectivity index (χ0) is 11.0. The minimum Gasteiger partial charge on any atom is -0.393 e. The Labute approximate surface area is 96.9 Å². The van der Waals surface area contributed by atoms with Crippen molar-refractivity contribution < 1.29 is 5.11 Å². The van der Waals surface area contributed by atoms with Crippen molar-refractivity contribution in [2.24, 2.45) is 0 Å². The normalized spacial score (nSPS) is 34.2. The molecule has 86 valence electrons. The number of fused-ring (bicyclic) bond motifs is 2. The van der Waals surface area contributed by atoms with Gasteiger partial charge in [-0.1, -0.05) is 30.3 Å². The molecule has 1 N–H and O–H groups in total. The Morgan fingerprint density at radius 3 is 2.31 bits per heavy atom. The molecule has 2 aliphatic heterocycles. The lowest BCUT2D eigenvalue weighted by Crippen LogP contribution is -2.43. The van der Waals surface area contributed by atoms with Gasteiger partial charge in [0, 0.05) is 18.6 Å². The predicted molar refractivity (Wildman–Crippen MR) is 64.0 cm³/mol. The zero-order valence-corrected chi connectivity index (χ0v) is 9.55. The van der Waals surface area contributed by atoms with Gasteiger partial charge in [0.05, 0.1) is 6.10 Å². The summed E-state index contributed by atoms with van der Waals surface area (Å²) in [5.74, 6) is 0. The van der Waals surface area contributed by atoms with E-state index in [1.807, 2.05) is 0 Å². The number of nitrogens with zero attached hydrogens (tertiary/aromatic N) is 1. The molecule has 0 unspecified atom stereocenters. The van der Waals surface area contributed by atoms with Gasteiger partial charge >= 0.3 is 0 Å². The molecule has 0 aliphatic carbocycles. The SMILES string of the molecule is O[C@H]1C[C@H]2CC[C@@H](C1)N2Cc1ccccc1. The number of piperidine rings is 1. The van der Waals surface area contributed by atoms with Gasteiger partial charge in [-0.15, -0.1) is 0 Å². The molecule has 0 saturated carbocycles. The van der Waals surface area contributed by atoms with Gasteiger partial charge in [-0.25, -0.2) is 0 Å². The van der Waals surface area contributed by atoms with Crippen LogP contribution in [0.2, 0.25) is 0 Å². The Hall–Kier alpha value is -0.860. The molecule has 2 heteroatoms. The van der Waals surface area contributed by atoms with Crippen molar-refractivity contribution >= 4 is 0 Å². The maximum absolute atomic E-state index is 9.75. The molecule has 16 heavy (non-hydrogen) atoms. The molecule has 2 aliphatic rings. The van der Waals surface area contributed by atoms with Gasteiger partial charge in [0.25, 0.3) is 0 Å². The van der Waals surface area contributed by atoms with Crippen molar-refractivity contribution in [2.45, 2.75) is 50.4 Å². The highest BCUT2D eigenvalue weighted by Gasteiger charge is 2.39. The van der Waals surface area contributed by atoms with Gasteiger partial charge in [0.2, 0.25) is 0 Å². The molecule has 2 saturated heterocycles. The van der Waals surface area contributed by atoms with Crippen molar-refractivity contribution in [1.82, 2.24) is 4.90 Å². The van der Waals surface area contributed by atoms with Gasteiger partial charge in [0.1, 0.15) is 0 Å². The molecule has 3 rings (SSSR count). The highest BCUT2D eigenvalue weighted by atomic mass is 16.3. The van der Waals surface area contributed by atoms with E-state index in [1.165, 1.54) is 18.4 Å². The molecule has 0 spiro atoms. The summed E-state index contributed by atoms with van der Waals surface area (Å²) in [7, 11) is 0. The van der Waals surface area contributed by atoms with E-state index in [9.17, 15) is 5.11 Å². The van der Waals surface area contributed by atoms with E-state index < -0.39 is 0 Å². The van der Waals surface area contributed by atoms with E-state index in [0.29, 0.717) is 12.1 Å². The fourth-order valence-electron chi connectivity index (χ4n) is 3.30. The Bertz CT molecular complexity index is 337. The summed E-state index contributed by atoms with van der Waals surface area (Å²) in [6, 6.07) is 11.9. The number of aliphatic hydroxyl groups is 1. The summed E-state index contributed by atoms with van der Waals surface area (Å²) in [5, 5.41) is 9.75. The molecule has 2 fully saturated rings. The smallest absolute Gasteiger partial charge is 0.0570 e. The van der Waals surface area contributed by atoms with Gasteiger partial charge in [-0.2, -0.15) is 0 Å². The summed E-state index contributed by atoms with van der Waals surface area (Å²) in [6.45, 7) is 1.06. The number of aliphatic hydroxyl groups excluding tert-OH is 1. The molecule has 1 aromatic carbocycles. The molecule has 0 radical (unpaired) electrons. The van der Waals surface area contributed by atoms with Gasteiger partial charge in [-0.05, 0) is 31.2 Å². The summed E-state index contributed by atoms with van der Waals surface area (Å²) < 4.78 is 0. The molecule has 0 amide bonds. The van der Waals surface area contributed by atoms with Crippen molar-refractivity contribution in [1.29, 1.82) is 0 Å². The Morgan fingerprint density at radius 1 is 1.06 bits per heavy atom. The van der Waals surface area contributed by atoms with Crippen LogP contribution in [0, 0.1) is 0 Å². The molecular formula is C14H19NO. The Kier molecular flexibility index (Phi) is 2.70. The fraction of sp³-hybridized carbons (Fsp3) is 0.571. The fourth-order valence-corrected chi connectivity index (χ4v) is 3.30. The first-order chi connectivity index (χ1) is 7.83. The van der Waals surface area contributed by atoms with Crippen LogP contribution in [0.15, 0.2) is 30.3 Å². The molecule has 3 atom stereocenters. The number of rotatable bonds is 2. The van der Waals surface area contributed by atoms with Crippen LogP contribution in [0.4, 0.5) is 0 Å². The third-order valence-electron chi connectivity index (χ3n) is 4.07. The van der Waals surface area contributed by atoms with Crippen LogP contribution in [0.5, 0.6) is 0 Å². The first-order valence-electron chi connectivity index (χ1n) is 6.30. The summed E-state index contributed by atoms with van der Waals surface area (Å²) >= 11 is 0. The van der Waals surface area contributed by atoms with E-state index >= 15 is 0 Å². The van der Waals surface area contributed by atoms with Crippen molar-refractivity contribution in [2.75, 3.05) is 0 Å². The molecule has 2 heterocycles. The van der Waals surface area contributed by atoms with E-state index in [2.05, 4.69) is 35.2 Å². The number of hydrogen-bond donors (Lipinski definition) is 1. The lowest BCUT2D eigenvalue weighted by Gasteiger charge is -2.37. The van der Waals surface area contributed by atoms with Crippen LogP contribution in [-0.4, -0.2) is 28.2 Å². The minimum absolute atomic E-state index is 0.0514. The first-order valence-corrected chi connectivity index (χ1v) is 6.30. The van der Waals surface area contributed by atoms with E-state index in [0.717, 1.165) is 19.4 Å². The van der Waals surface area contributed by atoms with Gasteiger partial charge in [0.15, 0.2) is 0 Å². The Balaban J connectivity index is 1.72. The van der Waals surface area contributed by atoms with Crippen LogP contribution in [0.1, 0.15) is 31.2 Å². The third kappa shape index (κ3) is 1.87. The standard InChI is InChI=1S/C14H19NO/c16-14-8-12-6-7-13(9-14)15(12)10-11-4-2-1-3-5-11/h1-5,12-14,16H,6-10H2/t12-,13+,14+. The van der Waals surface area contributed by atoms with Gasteiger partial charge < -0.3 is 5.11 Å². The van der Waals surface area contributed by atoms with E-state index in [4.69, 9.17) is 0 Å². The topological polar surface area (TPSA) is 23.5 Å². The van der Waals surface area contributed by atoms with Crippen LogP contribution < -0.4 is 0 Å². The number of benzene rings is 1. The highest BCUT2D eigenvalue weighted by molar-refractivity contribution is 5.15. The number of hydrogen-bond acceptors (Lipinski definition) is 2. The zero-order valence-electron chi connectivity index (χ0n) is 9.55. The molecule has 1 aromatic rings. The lowest BCUT2D eigenvalue weighted by molar-refractivity contribution is 0.0310. The monoisotopic (exact) mass is 217 g/mol. The van der Waals surface area contributed by atoms with Crippen LogP contribution in [0.25, 0.3) is 0 Å².